The van der Waals surface area contributed by atoms with Crippen LogP contribution in [0.3, 0.4) is 0 Å². The third-order valence-electron chi connectivity index (χ3n) is 3.32. The molecule has 8 nitrogen and oxygen atoms in total. The van der Waals surface area contributed by atoms with Gasteiger partial charge in [-0.1, -0.05) is 0 Å². The highest BCUT2D eigenvalue weighted by Gasteiger charge is 2.16. The Labute approximate surface area is 143 Å². The van der Waals surface area contributed by atoms with Crippen LogP contribution in [0.15, 0.2) is 29.2 Å². The Kier molecular flexibility index (Phi) is 7.01. The normalized spacial score (nSPS) is 16.6. The van der Waals surface area contributed by atoms with Crippen LogP contribution in [0.5, 0.6) is 0 Å². The average Bonchev–Trinajstić information content (AvgIpc) is 3.10. The molecule has 24 heavy (non-hydrogen) atoms. The van der Waals surface area contributed by atoms with E-state index < -0.39 is 10.9 Å². The number of nitrogens with zero attached hydrogens (tertiary/aromatic N) is 1. The van der Waals surface area contributed by atoms with Gasteiger partial charge >= 0.3 is 5.97 Å². The van der Waals surface area contributed by atoms with Gasteiger partial charge in [0.1, 0.15) is 0 Å². The molecule has 0 aliphatic carbocycles. The fourth-order valence-corrected chi connectivity index (χ4v) is 2.77. The van der Waals surface area contributed by atoms with Crippen molar-refractivity contribution in [2.75, 3.05) is 25.5 Å². The van der Waals surface area contributed by atoms with Crippen molar-refractivity contribution in [1.82, 2.24) is 5.32 Å². The summed E-state index contributed by atoms with van der Waals surface area (Å²) in [5, 5.41) is 13.2. The van der Waals surface area contributed by atoms with Gasteiger partial charge in [-0.3, -0.25) is 19.7 Å². The average molecular weight is 354 g/mol. The largest absolute Gasteiger partial charge is 0.455 e. The first-order valence-electron chi connectivity index (χ1n) is 7.46. The molecule has 0 spiro atoms. The zero-order valence-corrected chi connectivity index (χ0v) is 13.8. The molecule has 0 bridgehead atoms. The fraction of sp³-hybridized carbons (Fsp3) is 0.467. The summed E-state index contributed by atoms with van der Waals surface area (Å²) >= 11 is 1.19. The van der Waals surface area contributed by atoms with Gasteiger partial charge in [-0.25, -0.2) is 0 Å². The minimum atomic E-state index is -0.523. The minimum absolute atomic E-state index is 0.00941. The predicted octanol–water partition coefficient (Wildman–Crippen LogP) is 1.53. The van der Waals surface area contributed by atoms with E-state index in [2.05, 4.69) is 5.32 Å². The van der Waals surface area contributed by atoms with Crippen molar-refractivity contribution in [3.8, 4) is 0 Å². The summed E-state index contributed by atoms with van der Waals surface area (Å²) in [5.41, 5.74) is -0.00941. The van der Waals surface area contributed by atoms with Crippen molar-refractivity contribution in [1.29, 1.82) is 0 Å². The van der Waals surface area contributed by atoms with Gasteiger partial charge in [-0.2, -0.15) is 0 Å². The van der Waals surface area contributed by atoms with Gasteiger partial charge in [0, 0.05) is 30.2 Å². The van der Waals surface area contributed by atoms with Gasteiger partial charge in [0.2, 0.25) is 0 Å². The summed E-state index contributed by atoms with van der Waals surface area (Å²) in [5.74, 6) is -0.860. The molecule has 9 heteroatoms. The van der Waals surface area contributed by atoms with E-state index in [9.17, 15) is 19.7 Å². The molecule has 1 fully saturated rings. The van der Waals surface area contributed by atoms with Gasteiger partial charge in [-0.15, -0.1) is 11.8 Å². The van der Waals surface area contributed by atoms with Crippen LogP contribution in [-0.2, 0) is 19.1 Å². The van der Waals surface area contributed by atoms with Gasteiger partial charge in [0.15, 0.2) is 6.61 Å². The lowest BCUT2D eigenvalue weighted by molar-refractivity contribution is -0.384. The molecule has 1 aromatic rings. The standard InChI is InChI=1S/C15H18N2O6S/c18-14(16-8-12-2-1-7-22-12)9-23-15(19)10-24-13-5-3-11(4-6-13)17(20)21/h3-6,12H,1-2,7-10H2,(H,16,18)/t12-/m1/s1. The summed E-state index contributed by atoms with van der Waals surface area (Å²) in [4.78, 5) is 33.9. The number of esters is 1. The topological polar surface area (TPSA) is 108 Å². The molecule has 130 valence electrons. The number of nitro groups is 1. The third kappa shape index (κ3) is 6.17. The van der Waals surface area contributed by atoms with E-state index in [1.807, 2.05) is 0 Å². The number of benzene rings is 1. The smallest absolute Gasteiger partial charge is 0.316 e. The predicted molar refractivity (Wildman–Crippen MR) is 86.8 cm³/mol. The molecule has 1 aliphatic rings. The molecular weight excluding hydrogens is 336 g/mol. The van der Waals surface area contributed by atoms with E-state index in [1.54, 1.807) is 12.1 Å². The van der Waals surface area contributed by atoms with E-state index in [0.717, 1.165) is 19.4 Å². The number of ether oxygens (including phenoxy) is 2. The van der Waals surface area contributed by atoms with Gasteiger partial charge in [0.05, 0.1) is 16.8 Å². The lowest BCUT2D eigenvalue weighted by Gasteiger charge is -2.10. The van der Waals surface area contributed by atoms with Crippen molar-refractivity contribution < 1.29 is 24.0 Å². The SMILES string of the molecule is O=C(COC(=O)CSc1ccc([N+](=O)[O-])cc1)NC[C@H]1CCCO1. The maximum Gasteiger partial charge on any atom is 0.316 e. The molecule has 0 radical (unpaired) electrons. The molecule has 0 saturated carbocycles. The lowest BCUT2D eigenvalue weighted by atomic mass is 10.2. The van der Waals surface area contributed by atoms with E-state index in [-0.39, 0.29) is 30.1 Å². The van der Waals surface area contributed by atoms with Crippen LogP contribution < -0.4 is 5.32 Å². The molecule has 1 aliphatic heterocycles. The number of nitro benzene ring substituents is 1. The van der Waals surface area contributed by atoms with Crippen molar-refractivity contribution >= 4 is 29.3 Å². The maximum absolute atomic E-state index is 11.6. The number of carbonyl (C=O) groups is 2. The number of non-ortho nitro benzene ring substituents is 1. The van der Waals surface area contributed by atoms with Crippen molar-refractivity contribution in [3.05, 3.63) is 34.4 Å². The molecule has 1 amide bonds. The van der Waals surface area contributed by atoms with E-state index in [0.29, 0.717) is 11.4 Å². The monoisotopic (exact) mass is 354 g/mol. The van der Waals surface area contributed by atoms with E-state index in [4.69, 9.17) is 9.47 Å². The summed E-state index contributed by atoms with van der Waals surface area (Å²) in [6, 6.07) is 5.85. The van der Waals surface area contributed by atoms with Crippen molar-refractivity contribution in [2.24, 2.45) is 0 Å². The molecular formula is C15H18N2O6S. The number of thioether (sulfide) groups is 1. The Balaban J connectivity index is 1.61. The Morgan fingerprint density at radius 3 is 2.75 bits per heavy atom. The highest BCUT2D eigenvalue weighted by Crippen LogP contribution is 2.21. The van der Waals surface area contributed by atoms with E-state index >= 15 is 0 Å². The summed E-state index contributed by atoms with van der Waals surface area (Å²) in [6.45, 7) is 0.815. The Bertz CT molecular complexity index is 586. The summed E-state index contributed by atoms with van der Waals surface area (Å²) in [6.07, 6.45) is 1.96. The molecule has 2 rings (SSSR count). The zero-order valence-electron chi connectivity index (χ0n) is 12.9. The van der Waals surface area contributed by atoms with E-state index in [1.165, 1.54) is 23.9 Å². The molecule has 1 N–H and O–H groups in total. The lowest BCUT2D eigenvalue weighted by Crippen LogP contribution is -2.35. The van der Waals surface area contributed by atoms with Crippen molar-refractivity contribution in [2.45, 2.75) is 23.8 Å². The highest BCUT2D eigenvalue weighted by atomic mass is 32.2. The first kappa shape index (κ1) is 18.2. The van der Waals surface area contributed by atoms with Crippen LogP contribution in [-0.4, -0.2) is 48.4 Å². The number of hydrogen-bond donors (Lipinski definition) is 1. The fourth-order valence-electron chi connectivity index (χ4n) is 2.08. The first-order valence-corrected chi connectivity index (χ1v) is 8.44. The second-order valence-electron chi connectivity index (χ2n) is 5.14. The van der Waals surface area contributed by atoms with Crippen LogP contribution in [0.2, 0.25) is 0 Å². The quantitative estimate of drug-likeness (QED) is 0.326. The summed E-state index contributed by atoms with van der Waals surface area (Å²) in [7, 11) is 0. The molecule has 1 aromatic carbocycles. The number of rotatable bonds is 8. The van der Waals surface area contributed by atoms with Crippen LogP contribution in [0.1, 0.15) is 12.8 Å². The van der Waals surface area contributed by atoms with Gasteiger partial charge in [0.25, 0.3) is 11.6 Å². The number of amides is 1. The summed E-state index contributed by atoms with van der Waals surface area (Å²) < 4.78 is 10.3. The van der Waals surface area contributed by atoms with Crippen LogP contribution in [0.4, 0.5) is 5.69 Å². The molecule has 1 saturated heterocycles. The van der Waals surface area contributed by atoms with Crippen LogP contribution >= 0.6 is 11.8 Å². The molecule has 1 heterocycles. The first-order chi connectivity index (χ1) is 11.5. The van der Waals surface area contributed by atoms with Gasteiger partial charge in [-0.05, 0) is 25.0 Å². The Morgan fingerprint density at radius 1 is 1.38 bits per heavy atom. The number of carbonyl (C=O) groups excluding carboxylic acids is 2. The number of hydrogen-bond acceptors (Lipinski definition) is 7. The van der Waals surface area contributed by atoms with Crippen LogP contribution in [0.25, 0.3) is 0 Å². The molecule has 0 unspecified atom stereocenters. The second kappa shape index (κ2) is 9.24. The highest BCUT2D eigenvalue weighted by molar-refractivity contribution is 8.00. The minimum Gasteiger partial charge on any atom is -0.455 e. The third-order valence-corrected chi connectivity index (χ3v) is 4.30. The Morgan fingerprint density at radius 2 is 2.12 bits per heavy atom. The van der Waals surface area contributed by atoms with Gasteiger partial charge < -0.3 is 14.8 Å². The Hall–Kier alpha value is -2.13. The maximum atomic E-state index is 11.6. The number of nitrogens with one attached hydrogen (secondary N) is 1. The van der Waals surface area contributed by atoms with Crippen molar-refractivity contribution in [3.63, 3.8) is 0 Å². The van der Waals surface area contributed by atoms with Crippen LogP contribution in [0, 0.1) is 10.1 Å². The second-order valence-corrected chi connectivity index (χ2v) is 6.19. The molecule has 0 aromatic heterocycles. The zero-order chi connectivity index (χ0) is 17.4. The molecule has 1 atom stereocenters.